The average molecular weight is 409 g/mol. The quantitative estimate of drug-likeness (QED) is 0.797. The van der Waals surface area contributed by atoms with Gasteiger partial charge >= 0.3 is 0 Å². The van der Waals surface area contributed by atoms with Gasteiger partial charge in [0.25, 0.3) is 5.91 Å². The third kappa shape index (κ3) is 4.95. The van der Waals surface area contributed by atoms with Crippen molar-refractivity contribution in [2.75, 3.05) is 25.4 Å². The van der Waals surface area contributed by atoms with E-state index in [1.807, 2.05) is 55.6 Å². The minimum atomic E-state index is -3.43. The number of hydrogen-bond acceptors (Lipinski definition) is 5. The topological polar surface area (TPSA) is 75.7 Å². The summed E-state index contributed by atoms with van der Waals surface area (Å²) < 4.78 is 32.2. The summed E-state index contributed by atoms with van der Waals surface area (Å²) in [5.41, 5.74) is 1.82. The fourth-order valence-electron chi connectivity index (χ4n) is 3.19. The van der Waals surface area contributed by atoms with Crippen LogP contribution in [-0.2, 0) is 14.8 Å². The lowest BCUT2D eigenvalue weighted by Crippen LogP contribution is -2.49. The normalized spacial score (nSPS) is 21.1. The SMILES string of the molecule is C[C@@H]1CN(S(=O)(=O)CCNC(=O)c2sccc2-c2ccccc2)C[C@@H](C)O1. The van der Waals surface area contributed by atoms with Crippen molar-refractivity contribution in [2.24, 2.45) is 0 Å². The van der Waals surface area contributed by atoms with Gasteiger partial charge in [-0.3, -0.25) is 4.79 Å². The number of nitrogens with zero attached hydrogens (tertiary/aromatic N) is 1. The molecule has 2 heterocycles. The first kappa shape index (κ1) is 20.0. The Kier molecular flexibility index (Phi) is 6.31. The Labute approximate surface area is 164 Å². The lowest BCUT2D eigenvalue weighted by atomic mass is 10.1. The lowest BCUT2D eigenvalue weighted by Gasteiger charge is -2.34. The van der Waals surface area contributed by atoms with Crippen LogP contribution in [0.15, 0.2) is 41.8 Å². The molecule has 1 N–H and O–H groups in total. The molecule has 0 bridgehead atoms. The molecular formula is C19H24N2O4S2. The van der Waals surface area contributed by atoms with E-state index in [-0.39, 0.29) is 30.4 Å². The minimum absolute atomic E-state index is 0.0768. The van der Waals surface area contributed by atoms with Crippen LogP contribution in [0.1, 0.15) is 23.5 Å². The Morgan fingerprint density at radius 3 is 2.52 bits per heavy atom. The van der Waals surface area contributed by atoms with E-state index in [2.05, 4.69) is 5.32 Å². The molecule has 1 saturated heterocycles. The molecule has 0 radical (unpaired) electrons. The van der Waals surface area contributed by atoms with Gasteiger partial charge in [0.05, 0.1) is 22.8 Å². The first-order valence-electron chi connectivity index (χ1n) is 8.91. The molecule has 0 unspecified atom stereocenters. The highest BCUT2D eigenvalue weighted by Gasteiger charge is 2.30. The van der Waals surface area contributed by atoms with Crippen LogP contribution >= 0.6 is 11.3 Å². The molecule has 6 nitrogen and oxygen atoms in total. The maximum atomic E-state index is 12.6. The van der Waals surface area contributed by atoms with Gasteiger partial charge in [0.15, 0.2) is 0 Å². The average Bonchev–Trinajstić information content (AvgIpc) is 3.11. The number of hydrogen-bond donors (Lipinski definition) is 1. The van der Waals surface area contributed by atoms with Crippen LogP contribution in [0.3, 0.4) is 0 Å². The van der Waals surface area contributed by atoms with Crippen LogP contribution in [0.5, 0.6) is 0 Å². The highest BCUT2D eigenvalue weighted by atomic mass is 32.2. The molecule has 3 rings (SSSR count). The molecule has 1 fully saturated rings. The number of benzene rings is 1. The zero-order valence-electron chi connectivity index (χ0n) is 15.4. The van der Waals surface area contributed by atoms with Gasteiger partial charge in [-0.25, -0.2) is 8.42 Å². The Morgan fingerprint density at radius 2 is 1.85 bits per heavy atom. The molecule has 2 atom stereocenters. The van der Waals surface area contributed by atoms with Crippen molar-refractivity contribution in [2.45, 2.75) is 26.1 Å². The largest absolute Gasteiger partial charge is 0.373 e. The molecule has 2 aromatic rings. The number of rotatable bonds is 6. The van der Waals surface area contributed by atoms with Crippen LogP contribution < -0.4 is 5.32 Å². The molecule has 0 saturated carbocycles. The number of carbonyl (C=O) groups is 1. The van der Waals surface area contributed by atoms with E-state index < -0.39 is 10.0 Å². The highest BCUT2D eigenvalue weighted by Crippen LogP contribution is 2.28. The van der Waals surface area contributed by atoms with E-state index in [9.17, 15) is 13.2 Å². The van der Waals surface area contributed by atoms with E-state index in [0.717, 1.165) is 11.1 Å². The molecule has 1 aliphatic rings. The molecule has 1 aromatic heterocycles. The Bertz CT molecular complexity index is 870. The summed E-state index contributed by atoms with van der Waals surface area (Å²) in [5.74, 6) is -0.368. The van der Waals surface area contributed by atoms with Crippen LogP contribution in [0.25, 0.3) is 11.1 Å². The van der Waals surface area contributed by atoms with Gasteiger partial charge in [-0.05, 0) is 30.9 Å². The van der Waals surface area contributed by atoms with Gasteiger partial charge in [0.1, 0.15) is 0 Å². The number of carbonyl (C=O) groups excluding carboxylic acids is 1. The number of ether oxygens (including phenoxy) is 1. The first-order valence-corrected chi connectivity index (χ1v) is 11.4. The smallest absolute Gasteiger partial charge is 0.262 e. The zero-order chi connectivity index (χ0) is 19.4. The van der Waals surface area contributed by atoms with Crippen molar-refractivity contribution >= 4 is 27.3 Å². The van der Waals surface area contributed by atoms with E-state index >= 15 is 0 Å². The van der Waals surface area contributed by atoms with E-state index in [1.165, 1.54) is 15.6 Å². The summed E-state index contributed by atoms with van der Waals surface area (Å²) in [7, 11) is -3.43. The fourth-order valence-corrected chi connectivity index (χ4v) is 5.52. The third-order valence-electron chi connectivity index (χ3n) is 4.38. The molecular weight excluding hydrogens is 384 g/mol. The molecule has 146 valence electrons. The molecule has 1 aliphatic heterocycles. The number of morpholine rings is 1. The number of amides is 1. The summed E-state index contributed by atoms with van der Waals surface area (Å²) in [5, 5.41) is 4.61. The van der Waals surface area contributed by atoms with Crippen molar-refractivity contribution in [3.63, 3.8) is 0 Å². The van der Waals surface area contributed by atoms with Gasteiger partial charge < -0.3 is 10.1 Å². The number of sulfonamides is 1. The van der Waals surface area contributed by atoms with Gasteiger partial charge in [-0.2, -0.15) is 4.31 Å². The second kappa shape index (κ2) is 8.52. The van der Waals surface area contributed by atoms with Crippen LogP contribution in [0.2, 0.25) is 0 Å². The Hall–Kier alpha value is -1.74. The van der Waals surface area contributed by atoms with Gasteiger partial charge in [-0.1, -0.05) is 30.3 Å². The van der Waals surface area contributed by atoms with Crippen molar-refractivity contribution in [3.8, 4) is 11.1 Å². The molecule has 8 heteroatoms. The second-order valence-corrected chi connectivity index (χ2v) is 9.68. The van der Waals surface area contributed by atoms with Crippen molar-refractivity contribution in [3.05, 3.63) is 46.7 Å². The van der Waals surface area contributed by atoms with Gasteiger partial charge in [0, 0.05) is 25.2 Å². The van der Waals surface area contributed by atoms with E-state index in [1.54, 1.807) is 0 Å². The molecule has 0 spiro atoms. The van der Waals surface area contributed by atoms with E-state index in [0.29, 0.717) is 18.0 Å². The predicted octanol–water partition coefficient (Wildman–Crippen LogP) is 2.58. The summed E-state index contributed by atoms with van der Waals surface area (Å²) >= 11 is 1.35. The maximum Gasteiger partial charge on any atom is 0.262 e. The van der Waals surface area contributed by atoms with Gasteiger partial charge in [-0.15, -0.1) is 11.3 Å². The predicted molar refractivity (Wildman–Crippen MR) is 107 cm³/mol. The third-order valence-corrected chi connectivity index (χ3v) is 7.10. The summed E-state index contributed by atoms with van der Waals surface area (Å²) in [6.07, 6.45) is -0.254. The maximum absolute atomic E-state index is 12.6. The lowest BCUT2D eigenvalue weighted by molar-refractivity contribution is -0.0440. The summed E-state index contributed by atoms with van der Waals surface area (Å²) in [6, 6.07) is 11.6. The second-order valence-electron chi connectivity index (χ2n) is 6.68. The highest BCUT2D eigenvalue weighted by molar-refractivity contribution is 7.89. The fraction of sp³-hybridized carbons (Fsp3) is 0.421. The summed E-state index contributed by atoms with van der Waals surface area (Å²) in [6.45, 7) is 4.50. The standard InChI is InChI=1S/C19H24N2O4S2/c1-14-12-21(13-15(2)25-14)27(23,24)11-9-20-19(22)18-17(8-10-26-18)16-6-4-3-5-7-16/h3-8,10,14-15H,9,11-13H2,1-2H3,(H,20,22)/t14-,15-/m1/s1. The molecule has 1 amide bonds. The molecule has 0 aliphatic carbocycles. The van der Waals surface area contributed by atoms with Crippen LogP contribution in [-0.4, -0.2) is 56.2 Å². The van der Waals surface area contributed by atoms with Crippen LogP contribution in [0, 0.1) is 0 Å². The molecule has 1 aromatic carbocycles. The minimum Gasteiger partial charge on any atom is -0.373 e. The molecule has 27 heavy (non-hydrogen) atoms. The van der Waals surface area contributed by atoms with Crippen molar-refractivity contribution in [1.29, 1.82) is 0 Å². The summed E-state index contributed by atoms with van der Waals surface area (Å²) in [4.78, 5) is 13.1. The zero-order valence-corrected chi connectivity index (χ0v) is 17.1. The number of thiophene rings is 1. The van der Waals surface area contributed by atoms with Crippen molar-refractivity contribution < 1.29 is 17.9 Å². The monoisotopic (exact) mass is 408 g/mol. The Balaban J connectivity index is 1.60. The Morgan fingerprint density at radius 1 is 1.19 bits per heavy atom. The van der Waals surface area contributed by atoms with Crippen molar-refractivity contribution in [1.82, 2.24) is 9.62 Å². The van der Waals surface area contributed by atoms with Gasteiger partial charge in [0.2, 0.25) is 10.0 Å². The number of nitrogens with one attached hydrogen (secondary N) is 1. The van der Waals surface area contributed by atoms with E-state index in [4.69, 9.17) is 4.74 Å². The van der Waals surface area contributed by atoms with Crippen LogP contribution in [0.4, 0.5) is 0 Å². The first-order chi connectivity index (χ1) is 12.9.